The molecule has 0 aromatic carbocycles. The lowest BCUT2D eigenvalue weighted by Gasteiger charge is -2.33. The number of rotatable bonds is 3. The maximum atomic E-state index is 5.96. The monoisotopic (exact) mass is 301 g/mol. The summed E-state index contributed by atoms with van der Waals surface area (Å²) in [5, 5.41) is 0. The molecule has 1 heterocycles. The average Bonchev–Trinajstić information content (AvgIpc) is 2.80. The van der Waals surface area contributed by atoms with Gasteiger partial charge in [0.2, 0.25) is 0 Å². The van der Waals surface area contributed by atoms with E-state index in [1.54, 1.807) is 7.11 Å². The summed E-state index contributed by atoms with van der Waals surface area (Å²) in [6.45, 7) is 8.59. The van der Waals surface area contributed by atoms with E-state index in [1.165, 1.54) is 11.1 Å². The Bertz CT molecular complexity index is 548. The van der Waals surface area contributed by atoms with Crippen LogP contribution in [0, 0.1) is 5.92 Å². The summed E-state index contributed by atoms with van der Waals surface area (Å²) >= 11 is 0. The molecule has 0 saturated heterocycles. The van der Waals surface area contributed by atoms with Crippen LogP contribution < -0.4 is 0 Å². The molecule has 3 nitrogen and oxygen atoms in total. The molecule has 22 heavy (non-hydrogen) atoms. The summed E-state index contributed by atoms with van der Waals surface area (Å²) in [6.07, 6.45) is 11.0. The van der Waals surface area contributed by atoms with Crippen LogP contribution in [0.2, 0.25) is 0 Å². The molecule has 3 aliphatic rings. The van der Waals surface area contributed by atoms with Crippen molar-refractivity contribution in [3.05, 3.63) is 35.6 Å². The molecule has 3 rings (SSSR count). The van der Waals surface area contributed by atoms with Gasteiger partial charge in [-0.3, -0.25) is 0 Å². The van der Waals surface area contributed by atoms with Gasteiger partial charge in [0.05, 0.1) is 6.10 Å². The Hall–Kier alpha value is -1.35. The van der Waals surface area contributed by atoms with Crippen molar-refractivity contribution in [2.45, 2.75) is 64.0 Å². The fraction of sp³-hybridized carbons (Fsp3) is 0.632. The number of allylic oxidation sites excluding steroid dienone is 3. The Balaban J connectivity index is 1.72. The number of ether oxygens (including phenoxy) is 2. The summed E-state index contributed by atoms with van der Waals surface area (Å²) in [5.74, 6) is 2.28. The highest BCUT2D eigenvalue weighted by molar-refractivity contribution is 5.83. The van der Waals surface area contributed by atoms with Crippen LogP contribution in [-0.4, -0.2) is 24.7 Å². The number of aliphatic imine (C=N–C) groups is 1. The largest absolute Gasteiger partial charge is 0.445 e. The molecular formula is C19H27NO2. The Morgan fingerprint density at radius 2 is 2.14 bits per heavy atom. The summed E-state index contributed by atoms with van der Waals surface area (Å²) in [5.41, 5.74) is 2.52. The molecular weight excluding hydrogens is 274 g/mol. The van der Waals surface area contributed by atoms with Gasteiger partial charge < -0.3 is 9.47 Å². The van der Waals surface area contributed by atoms with Crippen LogP contribution in [0.4, 0.5) is 0 Å². The minimum atomic E-state index is -0.192. The fourth-order valence-electron chi connectivity index (χ4n) is 3.73. The Morgan fingerprint density at radius 1 is 1.41 bits per heavy atom. The van der Waals surface area contributed by atoms with Crippen molar-refractivity contribution in [3.8, 4) is 0 Å². The molecule has 1 fully saturated rings. The van der Waals surface area contributed by atoms with E-state index in [0.717, 1.165) is 50.2 Å². The summed E-state index contributed by atoms with van der Waals surface area (Å²) < 4.78 is 11.4. The minimum Gasteiger partial charge on any atom is -0.445 e. The SMILES string of the molecule is C=C1OC(CC2=CC(C)CC=C2C)=NC12CCC(OC)CC2. The maximum Gasteiger partial charge on any atom is 0.195 e. The van der Waals surface area contributed by atoms with Crippen LogP contribution in [-0.2, 0) is 9.47 Å². The second-order valence-electron chi connectivity index (χ2n) is 6.97. The summed E-state index contributed by atoms with van der Waals surface area (Å²) in [7, 11) is 1.79. The van der Waals surface area contributed by atoms with Gasteiger partial charge in [-0.05, 0) is 50.5 Å². The number of hydrogen-bond donors (Lipinski definition) is 0. The zero-order valence-electron chi connectivity index (χ0n) is 14.0. The Labute approximate surface area is 133 Å². The lowest BCUT2D eigenvalue weighted by Crippen LogP contribution is -2.34. The van der Waals surface area contributed by atoms with Gasteiger partial charge in [-0.25, -0.2) is 4.99 Å². The van der Waals surface area contributed by atoms with Crippen molar-refractivity contribution in [3.63, 3.8) is 0 Å². The number of nitrogens with zero attached hydrogens (tertiary/aromatic N) is 1. The van der Waals surface area contributed by atoms with Crippen LogP contribution in [0.3, 0.4) is 0 Å². The van der Waals surface area contributed by atoms with E-state index in [9.17, 15) is 0 Å². The van der Waals surface area contributed by atoms with Gasteiger partial charge in [0.25, 0.3) is 0 Å². The molecule has 1 aliphatic heterocycles. The van der Waals surface area contributed by atoms with Gasteiger partial charge in [0.1, 0.15) is 11.3 Å². The highest BCUT2D eigenvalue weighted by atomic mass is 16.5. The van der Waals surface area contributed by atoms with Crippen LogP contribution in [0.25, 0.3) is 0 Å². The van der Waals surface area contributed by atoms with Crippen LogP contribution in [0.15, 0.2) is 40.6 Å². The first-order valence-electron chi connectivity index (χ1n) is 8.39. The molecule has 1 saturated carbocycles. The summed E-state index contributed by atoms with van der Waals surface area (Å²) in [6, 6.07) is 0. The van der Waals surface area contributed by atoms with E-state index in [1.807, 2.05) is 0 Å². The van der Waals surface area contributed by atoms with Crippen molar-refractivity contribution < 1.29 is 9.47 Å². The van der Waals surface area contributed by atoms with E-state index in [4.69, 9.17) is 14.5 Å². The first-order valence-corrected chi connectivity index (χ1v) is 8.39. The molecule has 1 spiro atoms. The fourth-order valence-corrected chi connectivity index (χ4v) is 3.73. The van der Waals surface area contributed by atoms with E-state index in [2.05, 4.69) is 32.6 Å². The van der Waals surface area contributed by atoms with E-state index < -0.39 is 0 Å². The lowest BCUT2D eigenvalue weighted by atomic mass is 9.80. The van der Waals surface area contributed by atoms with Crippen molar-refractivity contribution in [1.82, 2.24) is 0 Å². The van der Waals surface area contributed by atoms with Gasteiger partial charge in [0.15, 0.2) is 5.90 Å². The third-order valence-corrected chi connectivity index (χ3v) is 5.32. The average molecular weight is 301 g/mol. The van der Waals surface area contributed by atoms with Crippen molar-refractivity contribution in [2.75, 3.05) is 7.11 Å². The molecule has 120 valence electrons. The first kappa shape index (κ1) is 15.5. The molecule has 0 aromatic rings. The molecule has 0 aromatic heterocycles. The Morgan fingerprint density at radius 3 is 2.82 bits per heavy atom. The third-order valence-electron chi connectivity index (χ3n) is 5.32. The molecule has 1 atom stereocenters. The maximum absolute atomic E-state index is 5.96. The number of hydrogen-bond acceptors (Lipinski definition) is 3. The first-order chi connectivity index (χ1) is 10.5. The van der Waals surface area contributed by atoms with E-state index >= 15 is 0 Å². The zero-order chi connectivity index (χ0) is 15.7. The molecule has 1 unspecified atom stereocenters. The molecule has 3 heteroatoms. The highest BCUT2D eigenvalue weighted by Gasteiger charge is 2.43. The predicted octanol–water partition coefficient (Wildman–Crippen LogP) is 4.56. The molecule has 2 aliphatic carbocycles. The normalized spacial score (nSPS) is 35.0. The van der Waals surface area contributed by atoms with Gasteiger partial charge in [-0.15, -0.1) is 0 Å². The second-order valence-corrected chi connectivity index (χ2v) is 6.97. The number of methoxy groups -OCH3 is 1. The van der Waals surface area contributed by atoms with Crippen molar-refractivity contribution >= 4 is 5.90 Å². The van der Waals surface area contributed by atoms with Gasteiger partial charge in [0, 0.05) is 13.5 Å². The van der Waals surface area contributed by atoms with Gasteiger partial charge >= 0.3 is 0 Å². The van der Waals surface area contributed by atoms with Crippen molar-refractivity contribution in [2.24, 2.45) is 10.9 Å². The van der Waals surface area contributed by atoms with Crippen molar-refractivity contribution in [1.29, 1.82) is 0 Å². The lowest BCUT2D eigenvalue weighted by molar-refractivity contribution is 0.0536. The smallest absolute Gasteiger partial charge is 0.195 e. The van der Waals surface area contributed by atoms with Gasteiger partial charge in [-0.2, -0.15) is 0 Å². The second kappa shape index (κ2) is 6.04. The quantitative estimate of drug-likeness (QED) is 0.765. The van der Waals surface area contributed by atoms with E-state index in [-0.39, 0.29) is 5.54 Å². The van der Waals surface area contributed by atoms with Crippen LogP contribution in [0.1, 0.15) is 52.4 Å². The predicted molar refractivity (Wildman–Crippen MR) is 89.9 cm³/mol. The third kappa shape index (κ3) is 2.91. The van der Waals surface area contributed by atoms with Gasteiger partial charge in [-0.1, -0.05) is 31.2 Å². The van der Waals surface area contributed by atoms with Crippen LogP contribution in [0.5, 0.6) is 0 Å². The summed E-state index contributed by atoms with van der Waals surface area (Å²) in [4.78, 5) is 4.95. The molecule has 0 radical (unpaired) electrons. The van der Waals surface area contributed by atoms with E-state index in [0.29, 0.717) is 12.0 Å². The Kier molecular flexibility index (Phi) is 4.26. The highest BCUT2D eigenvalue weighted by Crippen LogP contribution is 2.43. The topological polar surface area (TPSA) is 30.8 Å². The standard InChI is InChI=1S/C19H27NO2/c1-13-5-6-14(2)16(11-13)12-18-20-19(15(3)22-18)9-7-17(21-4)8-10-19/h6,11,13,17H,3,5,7-10,12H2,1-2,4H3. The zero-order valence-corrected chi connectivity index (χ0v) is 14.0. The molecule has 0 N–H and O–H groups in total. The molecule has 0 amide bonds. The van der Waals surface area contributed by atoms with Crippen LogP contribution >= 0.6 is 0 Å². The molecule has 0 bridgehead atoms. The minimum absolute atomic E-state index is 0.192.